The van der Waals surface area contributed by atoms with Gasteiger partial charge in [-0.05, 0) is 30.2 Å². The van der Waals surface area contributed by atoms with Gasteiger partial charge in [-0.3, -0.25) is 0 Å². The number of rotatable bonds is 1. The molecule has 3 nitrogen and oxygen atoms in total. The minimum absolute atomic E-state index is 0.185. The smallest absolute Gasteiger partial charge is 0.133 e. The van der Waals surface area contributed by atoms with Gasteiger partial charge in [0.25, 0.3) is 0 Å². The highest BCUT2D eigenvalue weighted by molar-refractivity contribution is 5.41. The fourth-order valence-electron chi connectivity index (χ4n) is 0.761. The van der Waals surface area contributed by atoms with Crippen LogP contribution in [0.4, 0.5) is 14.5 Å². The predicted octanol–water partition coefficient (Wildman–Crippen LogP) is 3.22. The van der Waals surface area contributed by atoms with Gasteiger partial charge in [0.05, 0.1) is 5.69 Å². The summed E-state index contributed by atoms with van der Waals surface area (Å²) in [7, 11) is 0. The van der Waals surface area contributed by atoms with E-state index in [0.717, 1.165) is 12.1 Å². The summed E-state index contributed by atoms with van der Waals surface area (Å²) in [4.78, 5) is 2.36. The van der Waals surface area contributed by atoms with E-state index in [4.69, 9.17) is 5.53 Å². The van der Waals surface area contributed by atoms with E-state index >= 15 is 0 Å². The highest BCUT2D eigenvalue weighted by Crippen LogP contribution is 2.21. The molecule has 1 aromatic carbocycles. The number of hydrogen-bond donors (Lipinski definition) is 0. The van der Waals surface area contributed by atoms with Gasteiger partial charge in [-0.15, -0.1) is 0 Å². The van der Waals surface area contributed by atoms with Crippen LogP contribution in [0.2, 0.25) is 0 Å². The zero-order chi connectivity index (χ0) is 9.14. The van der Waals surface area contributed by atoms with Crippen molar-refractivity contribution in [3.8, 4) is 0 Å². The second-order valence-corrected chi connectivity index (χ2v) is 2.24. The Morgan fingerprint density at radius 2 is 2.00 bits per heavy atom. The molecule has 0 aliphatic heterocycles. The second kappa shape index (κ2) is 3.19. The maximum absolute atomic E-state index is 12.8. The highest BCUT2D eigenvalue weighted by atomic mass is 19.1. The number of aryl methyl sites for hydroxylation is 1. The van der Waals surface area contributed by atoms with Crippen molar-refractivity contribution in [3.05, 3.63) is 39.8 Å². The first-order chi connectivity index (χ1) is 5.65. The zero-order valence-electron chi connectivity index (χ0n) is 6.25. The summed E-state index contributed by atoms with van der Waals surface area (Å²) in [5.41, 5.74) is 7.84. The first-order valence-electron chi connectivity index (χ1n) is 3.16. The highest BCUT2D eigenvalue weighted by Gasteiger charge is 2.04. The van der Waals surface area contributed by atoms with Crippen LogP contribution >= 0.6 is 0 Å². The van der Waals surface area contributed by atoms with Crippen LogP contribution < -0.4 is 0 Å². The Bertz CT molecular complexity index is 356. The minimum atomic E-state index is -0.716. The standard InChI is InChI=1S/C7H5F2N3/c1-4-2-6(9)7(11-12-10)3-5(4)8/h2-3H,1H3. The van der Waals surface area contributed by atoms with Crippen LogP contribution in [0.5, 0.6) is 0 Å². The molecule has 0 radical (unpaired) electrons. The van der Waals surface area contributed by atoms with Crippen LogP contribution in [0, 0.1) is 18.6 Å². The van der Waals surface area contributed by atoms with E-state index in [1.165, 1.54) is 6.92 Å². The number of nitrogens with zero attached hydrogens (tertiary/aromatic N) is 3. The average molecular weight is 169 g/mol. The Morgan fingerprint density at radius 1 is 1.33 bits per heavy atom. The lowest BCUT2D eigenvalue weighted by molar-refractivity contribution is 0.594. The summed E-state index contributed by atoms with van der Waals surface area (Å²) < 4.78 is 25.5. The van der Waals surface area contributed by atoms with Crippen LogP contribution in [-0.2, 0) is 0 Å². The van der Waals surface area contributed by atoms with Gasteiger partial charge in [0.1, 0.15) is 11.6 Å². The molecule has 0 N–H and O–H groups in total. The molecule has 1 rings (SSSR count). The summed E-state index contributed by atoms with van der Waals surface area (Å²) >= 11 is 0. The molecule has 0 atom stereocenters. The van der Waals surface area contributed by atoms with Gasteiger partial charge in [-0.1, -0.05) is 5.11 Å². The third kappa shape index (κ3) is 1.52. The SMILES string of the molecule is Cc1cc(F)c(N=[N+]=[N-])cc1F. The maximum Gasteiger partial charge on any atom is 0.133 e. The molecule has 0 aliphatic rings. The first-order valence-corrected chi connectivity index (χ1v) is 3.16. The third-order valence-corrected chi connectivity index (χ3v) is 1.38. The molecule has 5 heteroatoms. The Labute approximate surface area is 67.3 Å². The van der Waals surface area contributed by atoms with Crippen LogP contribution in [0.15, 0.2) is 17.2 Å². The molecule has 1 aromatic rings. The van der Waals surface area contributed by atoms with E-state index in [1.807, 2.05) is 0 Å². The van der Waals surface area contributed by atoms with Crippen molar-refractivity contribution < 1.29 is 8.78 Å². The van der Waals surface area contributed by atoms with Gasteiger partial charge in [0, 0.05) is 4.91 Å². The Kier molecular flexibility index (Phi) is 2.26. The van der Waals surface area contributed by atoms with Crippen LogP contribution in [0.3, 0.4) is 0 Å². The van der Waals surface area contributed by atoms with E-state index in [0.29, 0.717) is 0 Å². The van der Waals surface area contributed by atoms with Crippen molar-refractivity contribution >= 4 is 5.69 Å². The molecule has 0 unspecified atom stereocenters. The van der Waals surface area contributed by atoms with Crippen molar-refractivity contribution in [2.24, 2.45) is 5.11 Å². The molecule has 0 fully saturated rings. The van der Waals surface area contributed by atoms with Gasteiger partial charge in [0.2, 0.25) is 0 Å². The van der Waals surface area contributed by atoms with Crippen molar-refractivity contribution in [2.45, 2.75) is 6.92 Å². The van der Waals surface area contributed by atoms with E-state index in [1.54, 1.807) is 0 Å². The van der Waals surface area contributed by atoms with Gasteiger partial charge in [-0.25, -0.2) is 8.78 Å². The van der Waals surface area contributed by atoms with Crippen molar-refractivity contribution in [1.82, 2.24) is 0 Å². The molecule has 0 aliphatic carbocycles. The maximum atomic E-state index is 12.8. The summed E-state index contributed by atoms with van der Waals surface area (Å²) in [6.45, 7) is 1.43. The number of benzene rings is 1. The van der Waals surface area contributed by atoms with Crippen LogP contribution in [0.1, 0.15) is 5.56 Å². The number of azide groups is 1. The zero-order valence-corrected chi connectivity index (χ0v) is 6.25. The van der Waals surface area contributed by atoms with Gasteiger partial charge < -0.3 is 0 Å². The van der Waals surface area contributed by atoms with E-state index in [-0.39, 0.29) is 11.3 Å². The fourth-order valence-corrected chi connectivity index (χ4v) is 0.761. The third-order valence-electron chi connectivity index (χ3n) is 1.38. The Balaban J connectivity index is 3.32. The van der Waals surface area contributed by atoms with Crippen molar-refractivity contribution in [1.29, 1.82) is 0 Å². The molecular weight excluding hydrogens is 164 g/mol. The summed E-state index contributed by atoms with van der Waals surface area (Å²) in [6.07, 6.45) is 0. The Hall–Kier alpha value is -1.61. The quantitative estimate of drug-likeness (QED) is 0.352. The predicted molar refractivity (Wildman–Crippen MR) is 39.9 cm³/mol. The second-order valence-electron chi connectivity index (χ2n) is 2.24. The lowest BCUT2D eigenvalue weighted by Crippen LogP contribution is -1.84. The van der Waals surface area contributed by atoms with Gasteiger partial charge >= 0.3 is 0 Å². The van der Waals surface area contributed by atoms with E-state index in [9.17, 15) is 8.78 Å². The summed E-state index contributed by atoms with van der Waals surface area (Å²) in [6, 6.07) is 1.85. The molecular formula is C7H5F2N3. The largest absolute Gasteiger partial charge is 0.207 e. The number of halogens is 2. The molecule has 62 valence electrons. The van der Waals surface area contributed by atoms with Gasteiger partial charge in [-0.2, -0.15) is 0 Å². The summed E-state index contributed by atoms with van der Waals surface area (Å²) in [5, 5.41) is 2.97. The van der Waals surface area contributed by atoms with Crippen LogP contribution in [0.25, 0.3) is 10.4 Å². The van der Waals surface area contributed by atoms with Gasteiger partial charge in [0.15, 0.2) is 0 Å². The molecule has 0 saturated carbocycles. The van der Waals surface area contributed by atoms with Crippen LogP contribution in [-0.4, -0.2) is 0 Å². The molecule has 0 saturated heterocycles. The van der Waals surface area contributed by atoms with E-state index in [2.05, 4.69) is 10.0 Å². The molecule has 0 aromatic heterocycles. The number of hydrogen-bond acceptors (Lipinski definition) is 1. The lowest BCUT2D eigenvalue weighted by Gasteiger charge is -1.98. The average Bonchev–Trinajstić information content (AvgIpc) is 2.01. The molecule has 12 heavy (non-hydrogen) atoms. The molecule has 0 amide bonds. The Morgan fingerprint density at radius 3 is 2.58 bits per heavy atom. The van der Waals surface area contributed by atoms with E-state index < -0.39 is 11.6 Å². The molecule has 0 spiro atoms. The topological polar surface area (TPSA) is 48.8 Å². The normalized spacial score (nSPS) is 9.25. The molecule has 0 heterocycles. The van der Waals surface area contributed by atoms with Crippen molar-refractivity contribution in [2.75, 3.05) is 0 Å². The fraction of sp³-hybridized carbons (Fsp3) is 0.143. The monoisotopic (exact) mass is 169 g/mol. The minimum Gasteiger partial charge on any atom is -0.207 e. The lowest BCUT2D eigenvalue weighted by atomic mass is 10.2. The first kappa shape index (κ1) is 8.49. The van der Waals surface area contributed by atoms with Crippen molar-refractivity contribution in [3.63, 3.8) is 0 Å². The summed E-state index contributed by atoms with van der Waals surface area (Å²) in [5.74, 6) is -1.30. The molecule has 0 bridgehead atoms.